The van der Waals surface area contributed by atoms with Crippen LogP contribution in [0.2, 0.25) is 0 Å². The predicted octanol–water partition coefficient (Wildman–Crippen LogP) is 1.45. The largest absolute Gasteiger partial charge is 0.352 e. The Morgan fingerprint density at radius 2 is 1.88 bits per heavy atom. The summed E-state index contributed by atoms with van der Waals surface area (Å²) in [5, 5.41) is 5.62. The Morgan fingerprint density at radius 1 is 1.24 bits per heavy atom. The number of nitrogens with one attached hydrogen (secondary N) is 2. The molecule has 0 spiro atoms. The molecule has 0 aromatic rings. The molecule has 0 saturated heterocycles. The van der Waals surface area contributed by atoms with E-state index >= 15 is 0 Å². The van der Waals surface area contributed by atoms with Crippen LogP contribution in [0.25, 0.3) is 0 Å². The molecular weight excluding hydrogens is 216 g/mol. The van der Waals surface area contributed by atoms with Crippen molar-refractivity contribution in [2.75, 3.05) is 6.54 Å². The summed E-state index contributed by atoms with van der Waals surface area (Å²) >= 11 is 0. The molecule has 17 heavy (non-hydrogen) atoms. The molecule has 0 heterocycles. The summed E-state index contributed by atoms with van der Waals surface area (Å²) in [7, 11) is 0. The maximum Gasteiger partial charge on any atom is 0.239 e. The molecule has 1 aliphatic rings. The van der Waals surface area contributed by atoms with Gasteiger partial charge in [-0.15, -0.1) is 0 Å². The Kier molecular flexibility index (Phi) is 4.54. The van der Waals surface area contributed by atoms with E-state index in [1.807, 2.05) is 20.8 Å². The summed E-state index contributed by atoms with van der Waals surface area (Å²) in [5.41, 5.74) is -0.442. The van der Waals surface area contributed by atoms with E-state index in [-0.39, 0.29) is 18.4 Å². The fourth-order valence-electron chi connectivity index (χ4n) is 2.04. The minimum atomic E-state index is -0.442. The van der Waals surface area contributed by atoms with Crippen molar-refractivity contribution in [3.05, 3.63) is 0 Å². The van der Waals surface area contributed by atoms with E-state index in [9.17, 15) is 9.59 Å². The van der Waals surface area contributed by atoms with E-state index in [1.165, 1.54) is 6.42 Å². The first kappa shape index (κ1) is 14.0. The third kappa shape index (κ3) is 4.75. The summed E-state index contributed by atoms with van der Waals surface area (Å²) in [6.45, 7) is 7.78. The van der Waals surface area contributed by atoms with Crippen molar-refractivity contribution >= 4 is 11.8 Å². The van der Waals surface area contributed by atoms with E-state index in [4.69, 9.17) is 0 Å². The van der Waals surface area contributed by atoms with Crippen molar-refractivity contribution in [2.45, 2.75) is 53.0 Å². The molecule has 1 fully saturated rings. The van der Waals surface area contributed by atoms with E-state index < -0.39 is 5.41 Å². The highest BCUT2D eigenvalue weighted by molar-refractivity contribution is 5.87. The molecule has 0 aliphatic heterocycles. The van der Waals surface area contributed by atoms with Crippen molar-refractivity contribution in [1.29, 1.82) is 0 Å². The average molecular weight is 240 g/mol. The normalized spacial score (nSPS) is 24.5. The van der Waals surface area contributed by atoms with Gasteiger partial charge in [-0.2, -0.15) is 0 Å². The molecule has 1 saturated carbocycles. The Hall–Kier alpha value is -1.06. The van der Waals surface area contributed by atoms with Gasteiger partial charge in [0.05, 0.1) is 6.54 Å². The second kappa shape index (κ2) is 5.52. The zero-order valence-electron chi connectivity index (χ0n) is 11.3. The fraction of sp³-hybridized carbons (Fsp3) is 0.846. The molecule has 2 amide bonds. The van der Waals surface area contributed by atoms with Crippen molar-refractivity contribution in [3.8, 4) is 0 Å². The number of carbonyl (C=O) groups excluding carboxylic acids is 2. The van der Waals surface area contributed by atoms with Crippen LogP contribution in [0.5, 0.6) is 0 Å². The molecule has 0 aromatic heterocycles. The van der Waals surface area contributed by atoms with Crippen molar-refractivity contribution < 1.29 is 9.59 Å². The summed E-state index contributed by atoms with van der Waals surface area (Å²) in [4.78, 5) is 23.2. The summed E-state index contributed by atoms with van der Waals surface area (Å²) in [5.74, 6) is 0.526. The Balaban J connectivity index is 2.24. The van der Waals surface area contributed by atoms with Gasteiger partial charge in [0.2, 0.25) is 11.8 Å². The molecule has 4 heteroatoms. The number of amides is 2. The van der Waals surface area contributed by atoms with Crippen LogP contribution in [0.1, 0.15) is 47.0 Å². The highest BCUT2D eigenvalue weighted by Crippen LogP contribution is 2.24. The predicted molar refractivity (Wildman–Crippen MR) is 67.4 cm³/mol. The maximum atomic E-state index is 11.6. The Labute approximate surface area is 104 Å². The van der Waals surface area contributed by atoms with E-state index in [0.29, 0.717) is 12.0 Å². The molecule has 0 bridgehead atoms. The SMILES string of the molecule is CC1CCC(NC(=O)CNC(=O)C(C)(C)C)C1. The van der Waals surface area contributed by atoms with Gasteiger partial charge in [-0.25, -0.2) is 0 Å². The number of hydrogen-bond acceptors (Lipinski definition) is 2. The van der Waals surface area contributed by atoms with Crippen molar-refractivity contribution in [2.24, 2.45) is 11.3 Å². The van der Waals surface area contributed by atoms with Crippen LogP contribution >= 0.6 is 0 Å². The highest BCUT2D eigenvalue weighted by atomic mass is 16.2. The van der Waals surface area contributed by atoms with Crippen molar-refractivity contribution in [1.82, 2.24) is 10.6 Å². The second-order valence-electron chi connectivity index (χ2n) is 6.12. The summed E-state index contributed by atoms with van der Waals surface area (Å²) < 4.78 is 0. The lowest BCUT2D eigenvalue weighted by Gasteiger charge is -2.18. The molecular formula is C13H24N2O2. The second-order valence-corrected chi connectivity index (χ2v) is 6.12. The van der Waals surface area contributed by atoms with Crippen LogP contribution in [0, 0.1) is 11.3 Å². The standard InChI is InChI=1S/C13H24N2O2/c1-9-5-6-10(7-9)15-11(16)8-14-12(17)13(2,3)4/h9-10H,5-8H2,1-4H3,(H,14,17)(H,15,16). The van der Waals surface area contributed by atoms with Gasteiger partial charge in [-0.3, -0.25) is 9.59 Å². The average Bonchev–Trinajstić information content (AvgIpc) is 2.58. The third-order valence-corrected chi connectivity index (χ3v) is 3.15. The van der Waals surface area contributed by atoms with Gasteiger partial charge >= 0.3 is 0 Å². The topological polar surface area (TPSA) is 58.2 Å². The molecule has 0 aromatic carbocycles. The summed E-state index contributed by atoms with van der Waals surface area (Å²) in [6.07, 6.45) is 3.29. The maximum absolute atomic E-state index is 11.6. The molecule has 2 atom stereocenters. The van der Waals surface area contributed by atoms with Crippen molar-refractivity contribution in [3.63, 3.8) is 0 Å². The van der Waals surface area contributed by atoms with E-state index in [1.54, 1.807) is 0 Å². The van der Waals surface area contributed by atoms with Crippen LogP contribution in [-0.2, 0) is 9.59 Å². The highest BCUT2D eigenvalue weighted by Gasteiger charge is 2.24. The van der Waals surface area contributed by atoms with Gasteiger partial charge in [0, 0.05) is 11.5 Å². The quantitative estimate of drug-likeness (QED) is 0.784. The lowest BCUT2D eigenvalue weighted by atomic mass is 9.96. The van der Waals surface area contributed by atoms with E-state index in [2.05, 4.69) is 17.6 Å². The van der Waals surface area contributed by atoms with Gasteiger partial charge in [0.1, 0.15) is 0 Å². The first-order chi connectivity index (χ1) is 7.79. The zero-order valence-corrected chi connectivity index (χ0v) is 11.3. The van der Waals surface area contributed by atoms with Gasteiger partial charge in [0.15, 0.2) is 0 Å². The monoisotopic (exact) mass is 240 g/mol. The number of carbonyl (C=O) groups is 2. The molecule has 4 nitrogen and oxygen atoms in total. The number of rotatable bonds is 3. The van der Waals surface area contributed by atoms with Crippen LogP contribution < -0.4 is 10.6 Å². The molecule has 1 rings (SSSR count). The first-order valence-corrected chi connectivity index (χ1v) is 6.36. The molecule has 2 N–H and O–H groups in total. The van der Waals surface area contributed by atoms with Gasteiger partial charge in [-0.1, -0.05) is 27.7 Å². The van der Waals surface area contributed by atoms with Gasteiger partial charge in [-0.05, 0) is 25.2 Å². The molecule has 2 unspecified atom stereocenters. The Morgan fingerprint density at radius 3 is 2.35 bits per heavy atom. The first-order valence-electron chi connectivity index (χ1n) is 6.36. The van der Waals surface area contributed by atoms with Gasteiger partial charge < -0.3 is 10.6 Å². The molecule has 1 aliphatic carbocycles. The minimum absolute atomic E-state index is 0.0818. The van der Waals surface area contributed by atoms with Gasteiger partial charge in [0.25, 0.3) is 0 Å². The lowest BCUT2D eigenvalue weighted by molar-refractivity contribution is -0.131. The molecule has 0 radical (unpaired) electrons. The van der Waals surface area contributed by atoms with Crippen LogP contribution in [0.4, 0.5) is 0 Å². The summed E-state index contributed by atoms with van der Waals surface area (Å²) in [6, 6.07) is 0.295. The fourth-order valence-corrected chi connectivity index (χ4v) is 2.04. The van der Waals surface area contributed by atoms with Crippen LogP contribution in [0.15, 0.2) is 0 Å². The minimum Gasteiger partial charge on any atom is -0.352 e. The molecule has 98 valence electrons. The van der Waals surface area contributed by atoms with Crippen LogP contribution in [-0.4, -0.2) is 24.4 Å². The Bertz CT molecular complexity index is 294. The third-order valence-electron chi connectivity index (χ3n) is 3.15. The lowest BCUT2D eigenvalue weighted by Crippen LogP contribution is -2.44. The number of hydrogen-bond donors (Lipinski definition) is 2. The van der Waals surface area contributed by atoms with E-state index in [0.717, 1.165) is 12.8 Å². The zero-order chi connectivity index (χ0) is 13.1. The van der Waals surface area contributed by atoms with Crippen LogP contribution in [0.3, 0.4) is 0 Å². The smallest absolute Gasteiger partial charge is 0.239 e.